The quantitative estimate of drug-likeness (QED) is 0.775. The summed E-state index contributed by atoms with van der Waals surface area (Å²) in [6, 6.07) is 9.15. The monoisotopic (exact) mass is 339 g/mol. The minimum atomic E-state index is -0.216. The number of hydrogen-bond donors (Lipinski definition) is 1. The Balaban J connectivity index is 1.77. The first-order valence-corrected chi connectivity index (χ1v) is 7.98. The van der Waals surface area contributed by atoms with Gasteiger partial charge in [0.25, 0.3) is 5.91 Å². The number of ether oxygens (including phenoxy) is 1. The summed E-state index contributed by atoms with van der Waals surface area (Å²) in [4.78, 5) is 12.5. The second kappa shape index (κ2) is 6.80. The third-order valence-electron chi connectivity index (χ3n) is 4.01. The number of nitrogens with one attached hydrogen (secondary N) is 1. The van der Waals surface area contributed by atoms with E-state index >= 15 is 0 Å². The fourth-order valence-corrected chi connectivity index (χ4v) is 2.59. The molecule has 25 heavy (non-hydrogen) atoms. The molecule has 0 radical (unpaired) electrons. The minimum Gasteiger partial charge on any atom is -0.497 e. The molecule has 3 aromatic rings. The number of aryl methyl sites for hydroxylation is 2. The molecule has 2 aromatic heterocycles. The topological polar surface area (TPSA) is 74.0 Å². The van der Waals surface area contributed by atoms with E-state index in [2.05, 4.69) is 15.5 Å². The van der Waals surface area contributed by atoms with Crippen molar-refractivity contribution in [1.82, 2.24) is 24.9 Å². The number of amides is 1. The summed E-state index contributed by atoms with van der Waals surface area (Å²) in [6.45, 7) is 3.83. The molecule has 130 valence electrons. The molecule has 0 aliphatic heterocycles. The molecule has 0 aliphatic carbocycles. The Morgan fingerprint density at radius 1 is 1.28 bits per heavy atom. The SMILES string of the molecule is COc1ccc(-n2nc(C(=O)NC(C)c3cnn(C)c3)cc2C)cc1. The third-order valence-corrected chi connectivity index (χ3v) is 4.01. The summed E-state index contributed by atoms with van der Waals surface area (Å²) < 4.78 is 8.61. The van der Waals surface area contributed by atoms with E-state index < -0.39 is 0 Å². The first kappa shape index (κ1) is 16.8. The van der Waals surface area contributed by atoms with Crippen LogP contribution in [0.1, 0.15) is 34.7 Å². The number of benzene rings is 1. The van der Waals surface area contributed by atoms with Gasteiger partial charge in [0.15, 0.2) is 5.69 Å². The number of carbonyl (C=O) groups excluding carboxylic acids is 1. The molecule has 1 amide bonds. The number of methoxy groups -OCH3 is 1. The summed E-state index contributed by atoms with van der Waals surface area (Å²) in [5, 5.41) is 11.5. The molecule has 0 spiro atoms. The molecule has 0 bridgehead atoms. The summed E-state index contributed by atoms with van der Waals surface area (Å²) in [5.74, 6) is 0.559. The smallest absolute Gasteiger partial charge is 0.272 e. The third kappa shape index (κ3) is 3.55. The average Bonchev–Trinajstić information content (AvgIpc) is 3.21. The molecule has 1 aromatic carbocycles. The van der Waals surface area contributed by atoms with Crippen LogP contribution < -0.4 is 10.1 Å². The average molecular weight is 339 g/mol. The van der Waals surface area contributed by atoms with Gasteiger partial charge in [-0.3, -0.25) is 9.48 Å². The number of aromatic nitrogens is 4. The van der Waals surface area contributed by atoms with Crippen LogP contribution in [0, 0.1) is 6.92 Å². The number of rotatable bonds is 5. The summed E-state index contributed by atoms with van der Waals surface area (Å²) >= 11 is 0. The van der Waals surface area contributed by atoms with Gasteiger partial charge in [-0.05, 0) is 44.2 Å². The van der Waals surface area contributed by atoms with Crippen LogP contribution in [0.5, 0.6) is 5.75 Å². The van der Waals surface area contributed by atoms with Gasteiger partial charge in [-0.2, -0.15) is 10.2 Å². The van der Waals surface area contributed by atoms with Gasteiger partial charge in [0.1, 0.15) is 5.75 Å². The largest absolute Gasteiger partial charge is 0.497 e. The lowest BCUT2D eigenvalue weighted by Gasteiger charge is -2.10. The van der Waals surface area contributed by atoms with Crippen LogP contribution in [-0.4, -0.2) is 32.6 Å². The lowest BCUT2D eigenvalue weighted by atomic mass is 10.2. The molecule has 2 heterocycles. The Kier molecular flexibility index (Phi) is 4.56. The predicted octanol–water partition coefficient (Wildman–Crippen LogP) is 2.41. The van der Waals surface area contributed by atoms with Crippen LogP contribution in [0.25, 0.3) is 5.69 Å². The van der Waals surface area contributed by atoms with Crippen molar-refractivity contribution in [3.63, 3.8) is 0 Å². The minimum absolute atomic E-state index is 0.146. The van der Waals surface area contributed by atoms with Gasteiger partial charge >= 0.3 is 0 Å². The maximum Gasteiger partial charge on any atom is 0.272 e. The molecule has 1 atom stereocenters. The van der Waals surface area contributed by atoms with Crippen molar-refractivity contribution in [2.45, 2.75) is 19.9 Å². The van der Waals surface area contributed by atoms with Gasteiger partial charge in [-0.1, -0.05) is 0 Å². The highest BCUT2D eigenvalue weighted by Gasteiger charge is 2.17. The van der Waals surface area contributed by atoms with E-state index in [1.54, 1.807) is 28.7 Å². The molecule has 7 nitrogen and oxygen atoms in total. The van der Waals surface area contributed by atoms with Gasteiger partial charge in [-0.25, -0.2) is 4.68 Å². The van der Waals surface area contributed by atoms with Crippen molar-refractivity contribution in [3.05, 3.63) is 59.7 Å². The van der Waals surface area contributed by atoms with Crippen LogP contribution in [0.3, 0.4) is 0 Å². The zero-order valence-electron chi connectivity index (χ0n) is 14.7. The first-order chi connectivity index (χ1) is 12.0. The van der Waals surface area contributed by atoms with E-state index in [0.717, 1.165) is 22.7 Å². The van der Waals surface area contributed by atoms with Gasteiger partial charge in [0.05, 0.1) is 25.0 Å². The lowest BCUT2D eigenvalue weighted by molar-refractivity contribution is 0.0934. The van der Waals surface area contributed by atoms with Crippen molar-refractivity contribution in [1.29, 1.82) is 0 Å². The van der Waals surface area contributed by atoms with Gasteiger partial charge in [0, 0.05) is 24.5 Å². The van der Waals surface area contributed by atoms with Gasteiger partial charge in [0.2, 0.25) is 0 Å². The fourth-order valence-electron chi connectivity index (χ4n) is 2.59. The van der Waals surface area contributed by atoms with E-state index in [1.807, 2.05) is 51.4 Å². The highest BCUT2D eigenvalue weighted by Crippen LogP contribution is 2.17. The van der Waals surface area contributed by atoms with Gasteiger partial charge < -0.3 is 10.1 Å². The molecule has 0 saturated heterocycles. The Hall–Kier alpha value is -3.09. The normalized spacial score (nSPS) is 12.0. The molecule has 1 unspecified atom stereocenters. The molecule has 0 fully saturated rings. The maximum absolute atomic E-state index is 12.5. The predicted molar refractivity (Wildman–Crippen MR) is 93.9 cm³/mol. The van der Waals surface area contributed by atoms with Crippen molar-refractivity contribution < 1.29 is 9.53 Å². The molecule has 3 rings (SSSR count). The van der Waals surface area contributed by atoms with Crippen molar-refractivity contribution >= 4 is 5.91 Å². The number of carbonyl (C=O) groups is 1. The highest BCUT2D eigenvalue weighted by molar-refractivity contribution is 5.92. The molecule has 0 aliphatic rings. The molecular weight excluding hydrogens is 318 g/mol. The van der Waals surface area contributed by atoms with Crippen LogP contribution in [0.2, 0.25) is 0 Å². The second-order valence-electron chi connectivity index (χ2n) is 5.92. The maximum atomic E-state index is 12.5. The van der Waals surface area contributed by atoms with Crippen molar-refractivity contribution in [2.24, 2.45) is 7.05 Å². The Bertz CT molecular complexity index is 879. The Morgan fingerprint density at radius 2 is 2.00 bits per heavy atom. The fraction of sp³-hybridized carbons (Fsp3) is 0.278. The molecular formula is C18H21N5O2. The van der Waals surface area contributed by atoms with E-state index in [0.29, 0.717) is 5.69 Å². The van der Waals surface area contributed by atoms with Crippen molar-refractivity contribution in [2.75, 3.05) is 7.11 Å². The lowest BCUT2D eigenvalue weighted by Crippen LogP contribution is -2.27. The zero-order valence-corrected chi connectivity index (χ0v) is 14.7. The van der Waals surface area contributed by atoms with Crippen LogP contribution in [-0.2, 0) is 7.05 Å². The molecule has 0 saturated carbocycles. The van der Waals surface area contributed by atoms with Crippen LogP contribution >= 0.6 is 0 Å². The number of nitrogens with zero attached hydrogens (tertiary/aromatic N) is 4. The number of hydrogen-bond acceptors (Lipinski definition) is 4. The molecule has 1 N–H and O–H groups in total. The van der Waals surface area contributed by atoms with E-state index in [4.69, 9.17) is 4.74 Å². The Labute approximate surface area is 146 Å². The van der Waals surface area contributed by atoms with Crippen molar-refractivity contribution in [3.8, 4) is 11.4 Å². The van der Waals surface area contributed by atoms with E-state index in [1.165, 1.54) is 0 Å². The molecule has 7 heteroatoms. The van der Waals surface area contributed by atoms with E-state index in [-0.39, 0.29) is 11.9 Å². The summed E-state index contributed by atoms with van der Waals surface area (Å²) in [6.07, 6.45) is 3.62. The highest BCUT2D eigenvalue weighted by atomic mass is 16.5. The standard InChI is InChI=1S/C18H21N5O2/c1-12-9-17(18(24)20-13(2)14-10-19-22(3)11-14)21-23(12)15-5-7-16(25-4)8-6-15/h5-11,13H,1-4H3,(H,20,24). The summed E-state index contributed by atoms with van der Waals surface area (Å²) in [7, 11) is 3.47. The van der Waals surface area contributed by atoms with Crippen LogP contribution in [0.4, 0.5) is 0 Å². The second-order valence-corrected chi connectivity index (χ2v) is 5.92. The Morgan fingerprint density at radius 3 is 2.60 bits per heavy atom. The summed E-state index contributed by atoms with van der Waals surface area (Å²) in [5.41, 5.74) is 3.08. The van der Waals surface area contributed by atoms with Crippen LogP contribution in [0.15, 0.2) is 42.7 Å². The van der Waals surface area contributed by atoms with Gasteiger partial charge in [-0.15, -0.1) is 0 Å². The zero-order chi connectivity index (χ0) is 18.0. The van der Waals surface area contributed by atoms with E-state index in [9.17, 15) is 4.79 Å². The first-order valence-electron chi connectivity index (χ1n) is 7.98.